The van der Waals surface area contributed by atoms with E-state index in [0.29, 0.717) is 49.7 Å². The number of aliphatic carboxylic acids is 1. The summed E-state index contributed by atoms with van der Waals surface area (Å²) in [5.41, 5.74) is 0.417. The van der Waals surface area contributed by atoms with Crippen LogP contribution in [-0.2, 0) is 4.79 Å². The largest absolute Gasteiger partial charge is 0.490 e. The van der Waals surface area contributed by atoms with Crippen molar-refractivity contribution in [3.8, 4) is 11.5 Å². The summed E-state index contributed by atoms with van der Waals surface area (Å²) in [5, 5.41) is 9.19. The molecule has 1 fully saturated rings. The van der Waals surface area contributed by atoms with Crippen molar-refractivity contribution in [2.45, 2.75) is 32.7 Å². The molecule has 6 heteroatoms. The fraction of sp³-hybridized carbons (Fsp3) is 0.500. The van der Waals surface area contributed by atoms with E-state index in [0.717, 1.165) is 0 Å². The van der Waals surface area contributed by atoms with Gasteiger partial charge >= 0.3 is 5.97 Å². The Labute approximate surface area is 129 Å². The van der Waals surface area contributed by atoms with Gasteiger partial charge in [0.15, 0.2) is 11.5 Å². The van der Waals surface area contributed by atoms with Crippen LogP contribution in [0.4, 0.5) is 0 Å². The Morgan fingerprint density at radius 1 is 1.23 bits per heavy atom. The van der Waals surface area contributed by atoms with Crippen molar-refractivity contribution in [2.75, 3.05) is 19.8 Å². The number of carboxylic acids is 1. The number of carbonyl (C=O) groups is 2. The van der Waals surface area contributed by atoms with E-state index < -0.39 is 12.0 Å². The molecule has 2 rings (SSSR count). The predicted molar refractivity (Wildman–Crippen MR) is 80.5 cm³/mol. The van der Waals surface area contributed by atoms with Crippen molar-refractivity contribution < 1.29 is 24.2 Å². The quantitative estimate of drug-likeness (QED) is 0.871. The Morgan fingerprint density at radius 2 is 1.91 bits per heavy atom. The lowest BCUT2D eigenvalue weighted by molar-refractivity contribution is -0.141. The molecule has 0 bridgehead atoms. The van der Waals surface area contributed by atoms with Gasteiger partial charge in [0.2, 0.25) is 0 Å². The van der Waals surface area contributed by atoms with E-state index in [9.17, 15) is 14.7 Å². The molecule has 1 amide bonds. The minimum atomic E-state index is -0.957. The van der Waals surface area contributed by atoms with Crippen molar-refractivity contribution >= 4 is 11.9 Å². The summed E-state index contributed by atoms with van der Waals surface area (Å²) in [4.78, 5) is 25.2. The maximum absolute atomic E-state index is 12.6. The number of rotatable bonds is 6. The second-order valence-corrected chi connectivity index (χ2v) is 5.02. The van der Waals surface area contributed by atoms with Gasteiger partial charge < -0.3 is 19.5 Å². The summed E-state index contributed by atoms with van der Waals surface area (Å²) >= 11 is 0. The highest BCUT2D eigenvalue weighted by Gasteiger charge is 2.34. The van der Waals surface area contributed by atoms with Crippen LogP contribution < -0.4 is 9.47 Å². The van der Waals surface area contributed by atoms with E-state index in [1.807, 2.05) is 13.8 Å². The van der Waals surface area contributed by atoms with Gasteiger partial charge in [0.25, 0.3) is 5.91 Å². The maximum atomic E-state index is 12.6. The highest BCUT2D eigenvalue weighted by atomic mass is 16.5. The lowest BCUT2D eigenvalue weighted by Gasteiger charge is -2.22. The van der Waals surface area contributed by atoms with Crippen LogP contribution >= 0.6 is 0 Å². The van der Waals surface area contributed by atoms with Gasteiger partial charge in [0, 0.05) is 12.1 Å². The number of hydrogen-bond donors (Lipinski definition) is 1. The van der Waals surface area contributed by atoms with Crippen LogP contribution in [-0.4, -0.2) is 47.7 Å². The molecule has 1 aromatic carbocycles. The zero-order valence-corrected chi connectivity index (χ0v) is 12.9. The smallest absolute Gasteiger partial charge is 0.326 e. The van der Waals surface area contributed by atoms with Gasteiger partial charge in [-0.2, -0.15) is 0 Å². The van der Waals surface area contributed by atoms with Gasteiger partial charge in [-0.05, 0) is 44.9 Å². The van der Waals surface area contributed by atoms with Gasteiger partial charge in [-0.25, -0.2) is 4.79 Å². The number of likely N-dealkylation sites (tertiary alicyclic amines) is 1. The van der Waals surface area contributed by atoms with E-state index in [2.05, 4.69) is 0 Å². The van der Waals surface area contributed by atoms with Gasteiger partial charge in [-0.1, -0.05) is 0 Å². The topological polar surface area (TPSA) is 76.1 Å². The summed E-state index contributed by atoms with van der Waals surface area (Å²) in [6.45, 7) is 5.15. The molecule has 0 aliphatic carbocycles. The standard InChI is InChI=1S/C16H21NO5/c1-3-21-13-8-7-11(10-14(13)22-4-2)15(18)17-9-5-6-12(17)16(19)20/h7-8,10,12H,3-6,9H2,1-2H3,(H,19,20). The Balaban J connectivity index is 2.25. The first-order valence-electron chi connectivity index (χ1n) is 7.51. The molecule has 1 heterocycles. The fourth-order valence-electron chi connectivity index (χ4n) is 2.62. The molecule has 1 atom stereocenters. The lowest BCUT2D eigenvalue weighted by atomic mass is 10.1. The van der Waals surface area contributed by atoms with E-state index in [1.165, 1.54) is 4.90 Å². The monoisotopic (exact) mass is 307 g/mol. The van der Waals surface area contributed by atoms with Crippen LogP contribution in [0.5, 0.6) is 11.5 Å². The van der Waals surface area contributed by atoms with Crippen LogP contribution in [0, 0.1) is 0 Å². The van der Waals surface area contributed by atoms with Crippen molar-refractivity contribution in [2.24, 2.45) is 0 Å². The van der Waals surface area contributed by atoms with Crippen LogP contribution in [0.1, 0.15) is 37.0 Å². The van der Waals surface area contributed by atoms with Gasteiger partial charge in [-0.15, -0.1) is 0 Å². The summed E-state index contributed by atoms with van der Waals surface area (Å²) < 4.78 is 11.0. The normalized spacial score (nSPS) is 17.4. The number of benzene rings is 1. The van der Waals surface area contributed by atoms with Crippen LogP contribution in [0.25, 0.3) is 0 Å². The predicted octanol–water partition coefficient (Wildman–Crippen LogP) is 2.17. The molecular weight excluding hydrogens is 286 g/mol. The Morgan fingerprint density at radius 3 is 2.55 bits per heavy atom. The molecule has 1 aliphatic heterocycles. The molecule has 1 aromatic rings. The minimum absolute atomic E-state index is 0.283. The van der Waals surface area contributed by atoms with Gasteiger partial charge in [0.1, 0.15) is 6.04 Å². The highest BCUT2D eigenvalue weighted by Crippen LogP contribution is 2.30. The fourth-order valence-corrected chi connectivity index (χ4v) is 2.62. The van der Waals surface area contributed by atoms with Gasteiger partial charge in [0.05, 0.1) is 13.2 Å². The first kappa shape index (κ1) is 16.1. The van der Waals surface area contributed by atoms with E-state index in [1.54, 1.807) is 18.2 Å². The van der Waals surface area contributed by atoms with Crippen molar-refractivity contribution in [3.63, 3.8) is 0 Å². The number of carboxylic acid groups (broad SMARTS) is 1. The first-order valence-corrected chi connectivity index (χ1v) is 7.51. The van der Waals surface area contributed by atoms with Crippen LogP contribution in [0.2, 0.25) is 0 Å². The van der Waals surface area contributed by atoms with E-state index in [4.69, 9.17) is 9.47 Å². The zero-order chi connectivity index (χ0) is 16.1. The number of hydrogen-bond acceptors (Lipinski definition) is 4. The average Bonchev–Trinajstić information content (AvgIpc) is 2.98. The molecule has 22 heavy (non-hydrogen) atoms. The molecule has 0 aromatic heterocycles. The summed E-state index contributed by atoms with van der Waals surface area (Å²) in [6.07, 6.45) is 1.20. The third-order valence-corrected chi connectivity index (χ3v) is 3.59. The lowest BCUT2D eigenvalue weighted by Crippen LogP contribution is -2.40. The van der Waals surface area contributed by atoms with Gasteiger partial charge in [-0.3, -0.25) is 4.79 Å². The SMILES string of the molecule is CCOc1ccc(C(=O)N2CCCC2C(=O)O)cc1OCC. The number of ether oxygens (including phenoxy) is 2. The Hall–Kier alpha value is -2.24. The number of nitrogens with zero attached hydrogens (tertiary/aromatic N) is 1. The first-order chi connectivity index (χ1) is 10.6. The van der Waals surface area contributed by atoms with E-state index >= 15 is 0 Å². The van der Waals surface area contributed by atoms with Crippen molar-refractivity contribution in [3.05, 3.63) is 23.8 Å². The summed E-state index contributed by atoms with van der Waals surface area (Å²) in [6, 6.07) is 4.21. The third-order valence-electron chi connectivity index (χ3n) is 3.59. The Bertz CT molecular complexity index is 557. The molecule has 120 valence electrons. The molecule has 1 aliphatic rings. The third kappa shape index (κ3) is 3.32. The molecule has 6 nitrogen and oxygen atoms in total. The average molecular weight is 307 g/mol. The van der Waals surface area contributed by atoms with Crippen molar-refractivity contribution in [1.29, 1.82) is 0 Å². The second kappa shape index (κ2) is 7.15. The number of amides is 1. The zero-order valence-electron chi connectivity index (χ0n) is 12.9. The molecule has 0 spiro atoms. The summed E-state index contributed by atoms with van der Waals surface area (Å²) in [7, 11) is 0. The van der Waals surface area contributed by atoms with Crippen LogP contribution in [0.3, 0.4) is 0 Å². The van der Waals surface area contributed by atoms with Crippen LogP contribution in [0.15, 0.2) is 18.2 Å². The minimum Gasteiger partial charge on any atom is -0.490 e. The molecule has 1 saturated heterocycles. The maximum Gasteiger partial charge on any atom is 0.326 e. The highest BCUT2D eigenvalue weighted by molar-refractivity contribution is 5.97. The molecule has 0 radical (unpaired) electrons. The second-order valence-electron chi connectivity index (χ2n) is 5.02. The van der Waals surface area contributed by atoms with Crippen molar-refractivity contribution in [1.82, 2.24) is 4.90 Å². The number of carbonyl (C=O) groups excluding carboxylic acids is 1. The van der Waals surface area contributed by atoms with E-state index in [-0.39, 0.29) is 5.91 Å². The Kier molecular flexibility index (Phi) is 5.25. The molecule has 0 saturated carbocycles. The molecule has 1 unspecified atom stereocenters. The molecular formula is C16H21NO5. The molecule has 1 N–H and O–H groups in total. The summed E-state index contributed by atoms with van der Waals surface area (Å²) in [5.74, 6) is -0.158.